The van der Waals surface area contributed by atoms with Crippen LogP contribution in [0, 0.1) is 0 Å². The zero-order valence-corrected chi connectivity index (χ0v) is 14.9. The van der Waals surface area contributed by atoms with Gasteiger partial charge in [0.05, 0.1) is 21.8 Å². The van der Waals surface area contributed by atoms with Gasteiger partial charge in [-0.25, -0.2) is 4.99 Å². The number of aliphatic imine (C=N–C) groups is 1. The maximum atomic E-state index is 6.05. The van der Waals surface area contributed by atoms with E-state index in [0.29, 0.717) is 10.0 Å². The number of rotatable bonds is 7. The minimum absolute atomic E-state index is 0.622. The molecule has 0 amide bonds. The second kappa shape index (κ2) is 9.61. The first-order valence-electron chi connectivity index (χ1n) is 7.61. The van der Waals surface area contributed by atoms with E-state index in [1.54, 1.807) is 0 Å². The predicted molar refractivity (Wildman–Crippen MR) is 97.6 cm³/mol. The average molecular weight is 358 g/mol. The molecule has 1 aromatic rings. The van der Waals surface area contributed by atoms with E-state index < -0.39 is 0 Å². The molecular weight excluding hydrogens is 337 g/mol. The largest absolute Gasteiger partial charge is 0.301 e. The highest BCUT2D eigenvalue weighted by molar-refractivity contribution is 7.78. The minimum Gasteiger partial charge on any atom is -0.301 e. The van der Waals surface area contributed by atoms with Crippen LogP contribution in [0.1, 0.15) is 12.0 Å². The molecule has 0 unspecified atom stereocenters. The summed E-state index contributed by atoms with van der Waals surface area (Å²) in [5.74, 6) is 0. The summed E-state index contributed by atoms with van der Waals surface area (Å²) in [7, 11) is 0. The summed E-state index contributed by atoms with van der Waals surface area (Å²) >= 11 is 16.6. The molecule has 6 heteroatoms. The van der Waals surface area contributed by atoms with Crippen molar-refractivity contribution in [3.05, 3.63) is 33.8 Å². The van der Waals surface area contributed by atoms with Crippen molar-refractivity contribution in [2.24, 2.45) is 4.99 Å². The molecule has 0 N–H and O–H groups in total. The van der Waals surface area contributed by atoms with Crippen LogP contribution in [0.25, 0.3) is 0 Å². The molecule has 0 radical (unpaired) electrons. The number of hydrogen-bond acceptors (Lipinski definition) is 4. The van der Waals surface area contributed by atoms with Crippen molar-refractivity contribution in [1.29, 1.82) is 0 Å². The highest BCUT2D eigenvalue weighted by Gasteiger charge is 2.16. The van der Waals surface area contributed by atoms with Gasteiger partial charge in [-0.2, -0.15) is 0 Å². The predicted octanol–water partition coefficient (Wildman–Crippen LogP) is 3.65. The topological polar surface area (TPSA) is 18.8 Å². The second-order valence-electron chi connectivity index (χ2n) is 5.51. The molecule has 1 aliphatic rings. The van der Waals surface area contributed by atoms with Crippen LogP contribution < -0.4 is 0 Å². The van der Waals surface area contributed by atoms with E-state index in [-0.39, 0.29) is 0 Å². The van der Waals surface area contributed by atoms with Crippen molar-refractivity contribution in [2.45, 2.75) is 12.8 Å². The van der Waals surface area contributed by atoms with Crippen LogP contribution in [0.3, 0.4) is 0 Å². The smallest absolute Gasteiger partial charge is 0.0595 e. The van der Waals surface area contributed by atoms with Crippen molar-refractivity contribution in [2.75, 3.05) is 45.8 Å². The molecule has 0 bridgehead atoms. The molecule has 1 aromatic carbocycles. The third-order valence-electron chi connectivity index (χ3n) is 3.97. The van der Waals surface area contributed by atoms with Gasteiger partial charge in [-0.05, 0) is 42.8 Å². The summed E-state index contributed by atoms with van der Waals surface area (Å²) in [5, 5.41) is 3.68. The van der Waals surface area contributed by atoms with Crippen molar-refractivity contribution >= 4 is 40.6 Å². The lowest BCUT2D eigenvalue weighted by atomic mass is 10.1. The van der Waals surface area contributed by atoms with Gasteiger partial charge in [-0.15, -0.1) is 0 Å². The second-order valence-corrected chi connectivity index (χ2v) is 6.51. The summed E-state index contributed by atoms with van der Waals surface area (Å²) in [6.07, 6.45) is 2.08. The van der Waals surface area contributed by atoms with Gasteiger partial charge >= 0.3 is 0 Å². The molecule has 1 saturated heterocycles. The zero-order chi connectivity index (χ0) is 15.8. The van der Waals surface area contributed by atoms with Gasteiger partial charge in [0.1, 0.15) is 0 Å². The molecule has 1 aliphatic heterocycles. The first kappa shape index (κ1) is 17.9. The third-order valence-corrected chi connectivity index (χ3v) is 4.84. The molecule has 0 saturated carbocycles. The van der Waals surface area contributed by atoms with Crippen LogP contribution in [0.2, 0.25) is 10.0 Å². The number of isothiocyanates is 1. The highest BCUT2D eigenvalue weighted by atomic mass is 35.5. The fraction of sp³-hybridized carbons (Fsp3) is 0.562. The Balaban J connectivity index is 1.66. The van der Waals surface area contributed by atoms with Gasteiger partial charge in [0, 0.05) is 39.3 Å². The normalized spacial score (nSPS) is 16.5. The fourth-order valence-electron chi connectivity index (χ4n) is 2.64. The molecule has 1 fully saturated rings. The summed E-state index contributed by atoms with van der Waals surface area (Å²) in [5.41, 5.74) is 1.25. The van der Waals surface area contributed by atoms with Gasteiger partial charge < -0.3 is 9.80 Å². The lowest BCUT2D eigenvalue weighted by Crippen LogP contribution is -2.47. The Hall–Kier alpha value is -0.480. The number of hydrogen-bond donors (Lipinski definition) is 0. The van der Waals surface area contributed by atoms with E-state index in [1.165, 1.54) is 5.56 Å². The zero-order valence-electron chi connectivity index (χ0n) is 12.6. The number of benzene rings is 1. The molecule has 0 aromatic heterocycles. The van der Waals surface area contributed by atoms with Crippen molar-refractivity contribution < 1.29 is 0 Å². The lowest BCUT2D eigenvalue weighted by Gasteiger charge is -2.34. The SMILES string of the molecule is S=C=NCCCN1CCN(CCc2ccc(Cl)c(Cl)c2)CC1. The first-order chi connectivity index (χ1) is 10.7. The molecule has 0 atom stereocenters. The molecule has 1 heterocycles. The van der Waals surface area contributed by atoms with E-state index in [9.17, 15) is 0 Å². The average Bonchev–Trinajstić information content (AvgIpc) is 2.54. The molecule has 3 nitrogen and oxygen atoms in total. The lowest BCUT2D eigenvalue weighted by molar-refractivity contribution is 0.133. The Morgan fingerprint density at radius 3 is 2.36 bits per heavy atom. The standard InChI is InChI=1S/C16H21Cl2N3S/c17-15-3-2-14(12-16(15)18)4-7-21-10-8-20(9-11-21)6-1-5-19-13-22/h2-3,12H,1,4-11H2. The van der Waals surface area contributed by atoms with Crippen LogP contribution in [-0.4, -0.2) is 60.8 Å². The Morgan fingerprint density at radius 1 is 1.05 bits per heavy atom. The Kier molecular flexibility index (Phi) is 7.81. The fourth-order valence-corrected chi connectivity index (χ4v) is 3.05. The van der Waals surface area contributed by atoms with Gasteiger partial charge in [0.2, 0.25) is 0 Å². The molecular formula is C16H21Cl2N3S. The van der Waals surface area contributed by atoms with Gasteiger partial charge in [0.15, 0.2) is 0 Å². The quantitative estimate of drug-likeness (QED) is 0.421. The van der Waals surface area contributed by atoms with Crippen molar-refractivity contribution in [3.8, 4) is 0 Å². The third kappa shape index (κ3) is 5.96. The Bertz CT molecular complexity index is 524. The van der Waals surface area contributed by atoms with Crippen LogP contribution in [-0.2, 0) is 6.42 Å². The first-order valence-corrected chi connectivity index (χ1v) is 8.78. The van der Waals surface area contributed by atoms with Crippen LogP contribution in [0.5, 0.6) is 0 Å². The monoisotopic (exact) mass is 357 g/mol. The maximum Gasteiger partial charge on any atom is 0.0595 e. The van der Waals surface area contributed by atoms with Crippen LogP contribution in [0.15, 0.2) is 23.2 Å². The molecule has 2 rings (SSSR count). The van der Waals surface area contributed by atoms with Crippen LogP contribution >= 0.6 is 35.4 Å². The van der Waals surface area contributed by atoms with E-state index in [0.717, 1.165) is 58.7 Å². The number of halogens is 2. The molecule has 0 spiro atoms. The summed E-state index contributed by atoms with van der Waals surface area (Å²) < 4.78 is 0. The van der Waals surface area contributed by atoms with E-state index in [2.05, 4.69) is 38.2 Å². The summed E-state index contributed by atoms with van der Waals surface area (Å²) in [6, 6.07) is 5.90. The van der Waals surface area contributed by atoms with E-state index in [1.807, 2.05) is 12.1 Å². The minimum atomic E-state index is 0.622. The highest BCUT2D eigenvalue weighted by Crippen LogP contribution is 2.22. The maximum absolute atomic E-state index is 6.05. The van der Waals surface area contributed by atoms with Crippen molar-refractivity contribution in [1.82, 2.24) is 9.80 Å². The number of nitrogens with zero attached hydrogens (tertiary/aromatic N) is 3. The summed E-state index contributed by atoms with van der Waals surface area (Å²) in [6.45, 7) is 7.46. The van der Waals surface area contributed by atoms with Crippen molar-refractivity contribution in [3.63, 3.8) is 0 Å². The van der Waals surface area contributed by atoms with Gasteiger partial charge in [0.25, 0.3) is 0 Å². The Morgan fingerprint density at radius 2 is 1.73 bits per heavy atom. The summed E-state index contributed by atoms with van der Waals surface area (Å²) in [4.78, 5) is 8.96. The van der Waals surface area contributed by atoms with E-state index >= 15 is 0 Å². The molecule has 120 valence electrons. The molecule has 22 heavy (non-hydrogen) atoms. The van der Waals surface area contributed by atoms with Gasteiger partial charge in [-0.3, -0.25) is 0 Å². The van der Waals surface area contributed by atoms with E-state index in [4.69, 9.17) is 23.2 Å². The van der Waals surface area contributed by atoms with Gasteiger partial charge in [-0.1, -0.05) is 29.3 Å². The Labute approximate surface area is 147 Å². The number of thiocarbonyl (C=S) groups is 1. The van der Waals surface area contributed by atoms with Crippen LogP contribution in [0.4, 0.5) is 0 Å². The molecule has 0 aliphatic carbocycles. The number of piperazine rings is 1.